The Bertz CT molecular complexity index is 889. The van der Waals surface area contributed by atoms with Crippen LogP contribution in [0.1, 0.15) is 13.8 Å². The fraction of sp³-hybridized carbons (Fsp3) is 0.353. The molecule has 0 heterocycles. The van der Waals surface area contributed by atoms with Crippen LogP contribution in [0.3, 0.4) is 0 Å². The van der Waals surface area contributed by atoms with E-state index in [1.165, 1.54) is 13.8 Å². The lowest BCUT2D eigenvalue weighted by molar-refractivity contribution is -0.127. The van der Waals surface area contributed by atoms with E-state index < -0.39 is 55.1 Å². The van der Waals surface area contributed by atoms with Crippen molar-refractivity contribution >= 4 is 15.7 Å². The number of hydrogen-bond acceptors (Lipinski definition) is 4. The van der Waals surface area contributed by atoms with Crippen LogP contribution in [0.5, 0.6) is 0 Å². The van der Waals surface area contributed by atoms with E-state index in [9.17, 15) is 35.9 Å². The van der Waals surface area contributed by atoms with Crippen LogP contribution in [0.4, 0.5) is 17.6 Å². The molecule has 2 atom stereocenters. The Kier molecular flexibility index (Phi) is 5.53. The highest BCUT2D eigenvalue weighted by Gasteiger charge is 2.57. The summed E-state index contributed by atoms with van der Waals surface area (Å²) in [6, 6.07) is 3.31. The van der Waals surface area contributed by atoms with Crippen molar-refractivity contribution in [3.8, 4) is 0 Å². The first kappa shape index (κ1) is 21.1. The van der Waals surface area contributed by atoms with Gasteiger partial charge in [0.05, 0.1) is 10.5 Å². The second-order valence-corrected chi connectivity index (χ2v) is 8.43. The summed E-state index contributed by atoms with van der Waals surface area (Å²) in [5, 5.41) is 12.4. The standard InChI is InChI=1S/C17H17F4NO4S/c1-10(2)15(24)22-16(9-3-4-13(14(16)23)17(19,20)21)27(25,26)12-7-5-11(18)6-8-12/h3-10,14,23H,1-2H3,(H,22,24). The smallest absolute Gasteiger partial charge is 0.384 e. The van der Waals surface area contributed by atoms with E-state index in [0.29, 0.717) is 6.08 Å². The van der Waals surface area contributed by atoms with Crippen LogP contribution in [-0.4, -0.2) is 36.6 Å². The molecule has 0 aliphatic heterocycles. The number of sulfone groups is 1. The minimum absolute atomic E-state index is 0.532. The van der Waals surface area contributed by atoms with Crippen molar-refractivity contribution in [2.75, 3.05) is 0 Å². The van der Waals surface area contributed by atoms with Crippen LogP contribution in [-0.2, 0) is 14.6 Å². The highest BCUT2D eigenvalue weighted by Crippen LogP contribution is 2.40. The van der Waals surface area contributed by atoms with Gasteiger partial charge in [-0.25, -0.2) is 12.8 Å². The van der Waals surface area contributed by atoms with Gasteiger partial charge in [0.1, 0.15) is 11.9 Å². The number of amides is 1. The first-order valence-corrected chi connectivity index (χ1v) is 9.28. The molecular formula is C17H17F4NO4S. The molecule has 1 aromatic carbocycles. The number of benzene rings is 1. The zero-order chi connectivity index (χ0) is 20.6. The lowest BCUT2D eigenvalue weighted by atomic mass is 9.95. The van der Waals surface area contributed by atoms with E-state index in [1.54, 1.807) is 0 Å². The minimum Gasteiger partial charge on any atom is -0.384 e. The second kappa shape index (κ2) is 7.08. The maximum atomic E-state index is 13.3. The molecule has 0 bridgehead atoms. The number of halogens is 4. The van der Waals surface area contributed by atoms with Gasteiger partial charge in [0.2, 0.25) is 15.7 Å². The largest absolute Gasteiger partial charge is 0.415 e. The van der Waals surface area contributed by atoms with Crippen molar-refractivity contribution in [2.45, 2.75) is 35.9 Å². The number of carbonyl (C=O) groups excluding carboxylic acids is 1. The number of nitrogens with one attached hydrogen (secondary N) is 1. The predicted molar refractivity (Wildman–Crippen MR) is 88.6 cm³/mol. The summed E-state index contributed by atoms with van der Waals surface area (Å²) >= 11 is 0. The van der Waals surface area contributed by atoms with Gasteiger partial charge in [0, 0.05) is 5.92 Å². The Labute approximate surface area is 153 Å². The van der Waals surface area contributed by atoms with Gasteiger partial charge in [-0.2, -0.15) is 13.2 Å². The summed E-state index contributed by atoms with van der Waals surface area (Å²) in [4.78, 5) is 8.81. The Balaban J connectivity index is 2.69. The molecule has 2 unspecified atom stereocenters. The number of carbonyl (C=O) groups is 1. The molecule has 0 fully saturated rings. The average molecular weight is 407 g/mol. The normalized spacial score (nSPS) is 23.3. The third-order valence-corrected chi connectivity index (χ3v) is 6.30. The first-order valence-electron chi connectivity index (χ1n) is 7.80. The second-order valence-electron chi connectivity index (χ2n) is 6.28. The summed E-state index contributed by atoms with van der Waals surface area (Å²) in [6.45, 7) is 2.82. The SMILES string of the molecule is CC(C)C(=O)NC1(S(=O)(=O)c2ccc(F)cc2)C=CC=C(C(F)(F)F)C1O. The maximum Gasteiger partial charge on any atom is 0.415 e. The topological polar surface area (TPSA) is 83.5 Å². The van der Waals surface area contributed by atoms with Crippen LogP contribution in [0, 0.1) is 11.7 Å². The maximum absolute atomic E-state index is 13.3. The highest BCUT2D eigenvalue weighted by molar-refractivity contribution is 7.93. The van der Waals surface area contributed by atoms with Crippen molar-refractivity contribution in [3.05, 3.63) is 53.9 Å². The van der Waals surface area contributed by atoms with Crippen molar-refractivity contribution in [1.82, 2.24) is 5.32 Å². The summed E-state index contributed by atoms with van der Waals surface area (Å²) in [6.07, 6.45) is -5.54. The molecule has 1 aliphatic rings. The molecule has 1 aromatic rings. The molecular weight excluding hydrogens is 390 g/mol. The van der Waals surface area contributed by atoms with Crippen molar-refractivity contribution in [3.63, 3.8) is 0 Å². The first-order chi connectivity index (χ1) is 12.3. The van der Waals surface area contributed by atoms with Crippen LogP contribution >= 0.6 is 0 Å². The van der Waals surface area contributed by atoms with Crippen LogP contribution in [0.2, 0.25) is 0 Å². The molecule has 2 rings (SSSR count). The third-order valence-electron chi connectivity index (χ3n) is 4.06. The van der Waals surface area contributed by atoms with Gasteiger partial charge in [-0.05, 0) is 30.3 Å². The number of aliphatic hydroxyl groups is 1. The summed E-state index contributed by atoms with van der Waals surface area (Å²) < 4.78 is 79.1. The van der Waals surface area contributed by atoms with Gasteiger partial charge in [-0.3, -0.25) is 4.79 Å². The van der Waals surface area contributed by atoms with Crippen LogP contribution in [0.25, 0.3) is 0 Å². The van der Waals surface area contributed by atoms with E-state index in [4.69, 9.17) is 0 Å². The molecule has 0 saturated carbocycles. The molecule has 1 amide bonds. The molecule has 0 saturated heterocycles. The van der Waals surface area contributed by atoms with Crippen LogP contribution < -0.4 is 5.32 Å². The molecule has 5 nitrogen and oxygen atoms in total. The number of rotatable bonds is 4. The average Bonchev–Trinajstić information content (AvgIpc) is 2.55. The Morgan fingerprint density at radius 1 is 1.22 bits per heavy atom. The van der Waals surface area contributed by atoms with Gasteiger partial charge in [0.15, 0.2) is 4.87 Å². The lowest BCUT2D eigenvalue weighted by Gasteiger charge is -2.39. The molecule has 10 heteroatoms. The van der Waals surface area contributed by atoms with E-state index >= 15 is 0 Å². The minimum atomic E-state index is -5.03. The molecule has 0 aromatic heterocycles. The van der Waals surface area contributed by atoms with E-state index in [1.807, 2.05) is 5.32 Å². The fourth-order valence-corrected chi connectivity index (χ4v) is 4.31. The zero-order valence-corrected chi connectivity index (χ0v) is 15.1. The molecule has 0 radical (unpaired) electrons. The van der Waals surface area contributed by atoms with Crippen molar-refractivity contribution < 1.29 is 35.9 Å². The fourth-order valence-electron chi connectivity index (χ4n) is 2.52. The summed E-state index contributed by atoms with van der Waals surface area (Å²) in [5.41, 5.74) is -1.53. The zero-order valence-electron chi connectivity index (χ0n) is 14.3. The van der Waals surface area contributed by atoms with Gasteiger partial charge in [-0.1, -0.05) is 26.0 Å². The summed E-state index contributed by atoms with van der Waals surface area (Å²) in [7, 11) is -4.79. The quantitative estimate of drug-likeness (QED) is 0.594. The lowest BCUT2D eigenvalue weighted by Crippen LogP contribution is -2.63. The number of alkyl halides is 3. The van der Waals surface area contributed by atoms with Crippen LogP contribution in [0.15, 0.2) is 53.0 Å². The number of allylic oxidation sites excluding steroid dienone is 2. The third kappa shape index (κ3) is 3.77. The molecule has 148 valence electrons. The van der Waals surface area contributed by atoms with Gasteiger partial charge in [0.25, 0.3) is 0 Å². The molecule has 1 aliphatic carbocycles. The van der Waals surface area contributed by atoms with Crippen molar-refractivity contribution in [1.29, 1.82) is 0 Å². The number of hydrogen-bond donors (Lipinski definition) is 2. The van der Waals surface area contributed by atoms with Gasteiger partial charge in [-0.15, -0.1) is 0 Å². The van der Waals surface area contributed by atoms with E-state index in [0.717, 1.165) is 36.4 Å². The Morgan fingerprint density at radius 2 is 1.78 bits per heavy atom. The van der Waals surface area contributed by atoms with Crippen molar-refractivity contribution in [2.24, 2.45) is 5.92 Å². The highest BCUT2D eigenvalue weighted by atomic mass is 32.2. The van der Waals surface area contributed by atoms with E-state index in [-0.39, 0.29) is 0 Å². The summed E-state index contributed by atoms with van der Waals surface area (Å²) in [5.74, 6) is -2.41. The Hall–Kier alpha value is -2.20. The Morgan fingerprint density at radius 3 is 2.26 bits per heavy atom. The van der Waals surface area contributed by atoms with Gasteiger partial charge < -0.3 is 10.4 Å². The van der Waals surface area contributed by atoms with E-state index in [2.05, 4.69) is 0 Å². The molecule has 2 N–H and O–H groups in total. The van der Waals surface area contributed by atoms with Gasteiger partial charge >= 0.3 is 6.18 Å². The molecule has 27 heavy (non-hydrogen) atoms. The molecule has 0 spiro atoms. The number of aliphatic hydroxyl groups excluding tert-OH is 1. The monoisotopic (exact) mass is 407 g/mol. The predicted octanol–water partition coefficient (Wildman–Crippen LogP) is 2.49.